The molecule has 4 rings (SSSR count). The maximum Gasteiger partial charge on any atom is 0.272 e. The number of rotatable bonds is 5. The lowest BCUT2D eigenvalue weighted by Gasteiger charge is -2.28. The molecule has 2 aromatic rings. The SMILES string of the molecule is Cn1nccc1C(=O)N1C[C@H]2CCC[C@@]2(COCc2cccnc2)C1. The maximum absolute atomic E-state index is 12.8. The Morgan fingerprint density at radius 3 is 3.08 bits per heavy atom. The monoisotopic (exact) mass is 340 g/mol. The van der Waals surface area contributed by atoms with Gasteiger partial charge in [-0.25, -0.2) is 0 Å². The molecule has 0 radical (unpaired) electrons. The van der Waals surface area contributed by atoms with E-state index in [0.717, 1.165) is 25.1 Å². The second-order valence-electron chi connectivity index (χ2n) is 7.33. The van der Waals surface area contributed by atoms with Crippen LogP contribution in [-0.2, 0) is 18.4 Å². The molecule has 2 aliphatic rings. The van der Waals surface area contributed by atoms with Gasteiger partial charge in [0, 0.05) is 44.1 Å². The van der Waals surface area contributed by atoms with Crippen LogP contribution in [-0.4, -0.2) is 45.3 Å². The Balaban J connectivity index is 1.42. The Morgan fingerprint density at radius 1 is 1.40 bits per heavy atom. The number of hydrogen-bond acceptors (Lipinski definition) is 4. The van der Waals surface area contributed by atoms with Crippen molar-refractivity contribution in [3.63, 3.8) is 0 Å². The molecule has 6 heteroatoms. The van der Waals surface area contributed by atoms with Crippen LogP contribution in [0.4, 0.5) is 0 Å². The predicted molar refractivity (Wildman–Crippen MR) is 92.8 cm³/mol. The lowest BCUT2D eigenvalue weighted by molar-refractivity contribution is 0.0263. The van der Waals surface area contributed by atoms with Gasteiger partial charge in [0.1, 0.15) is 5.69 Å². The number of likely N-dealkylation sites (tertiary alicyclic amines) is 1. The number of nitrogens with zero attached hydrogens (tertiary/aromatic N) is 4. The number of carbonyl (C=O) groups is 1. The summed E-state index contributed by atoms with van der Waals surface area (Å²) in [6, 6.07) is 5.75. The van der Waals surface area contributed by atoms with Gasteiger partial charge in [0.05, 0.1) is 13.2 Å². The van der Waals surface area contributed by atoms with E-state index in [-0.39, 0.29) is 11.3 Å². The third-order valence-corrected chi connectivity index (χ3v) is 5.75. The van der Waals surface area contributed by atoms with E-state index in [1.165, 1.54) is 12.8 Å². The van der Waals surface area contributed by atoms with Gasteiger partial charge >= 0.3 is 0 Å². The molecule has 132 valence electrons. The summed E-state index contributed by atoms with van der Waals surface area (Å²) < 4.78 is 7.71. The third kappa shape index (κ3) is 3.06. The average Bonchev–Trinajstić information content (AvgIpc) is 3.29. The molecule has 2 aromatic heterocycles. The fraction of sp³-hybridized carbons (Fsp3) is 0.526. The van der Waals surface area contributed by atoms with Gasteiger partial charge in [-0.1, -0.05) is 12.5 Å². The first-order chi connectivity index (χ1) is 12.2. The number of fused-ring (bicyclic) bond motifs is 1. The van der Waals surface area contributed by atoms with Crippen LogP contribution >= 0.6 is 0 Å². The van der Waals surface area contributed by atoms with Crippen molar-refractivity contribution in [2.24, 2.45) is 18.4 Å². The number of aryl methyl sites for hydroxylation is 1. The molecule has 6 nitrogen and oxygen atoms in total. The molecule has 0 N–H and O–H groups in total. The molecule has 1 amide bonds. The van der Waals surface area contributed by atoms with Crippen molar-refractivity contribution in [2.45, 2.75) is 25.9 Å². The third-order valence-electron chi connectivity index (χ3n) is 5.75. The smallest absolute Gasteiger partial charge is 0.272 e. The van der Waals surface area contributed by atoms with Crippen LogP contribution in [0.25, 0.3) is 0 Å². The van der Waals surface area contributed by atoms with E-state index in [0.29, 0.717) is 24.8 Å². The fourth-order valence-electron chi connectivity index (χ4n) is 4.41. The molecule has 0 unspecified atom stereocenters. The molecule has 1 saturated heterocycles. The molecule has 3 heterocycles. The number of aromatic nitrogens is 3. The predicted octanol–water partition coefficient (Wildman–Crippen LogP) is 2.27. The van der Waals surface area contributed by atoms with E-state index < -0.39 is 0 Å². The van der Waals surface area contributed by atoms with Crippen LogP contribution in [0.5, 0.6) is 0 Å². The lowest BCUT2D eigenvalue weighted by Crippen LogP contribution is -2.35. The summed E-state index contributed by atoms with van der Waals surface area (Å²) in [4.78, 5) is 18.9. The van der Waals surface area contributed by atoms with Crippen molar-refractivity contribution in [1.82, 2.24) is 19.7 Å². The van der Waals surface area contributed by atoms with E-state index in [9.17, 15) is 4.79 Å². The van der Waals surface area contributed by atoms with Gasteiger partial charge in [-0.15, -0.1) is 0 Å². The molecule has 0 aromatic carbocycles. The highest BCUT2D eigenvalue weighted by Gasteiger charge is 2.51. The highest BCUT2D eigenvalue weighted by Crippen LogP contribution is 2.49. The van der Waals surface area contributed by atoms with Gasteiger partial charge in [-0.05, 0) is 36.5 Å². The van der Waals surface area contributed by atoms with E-state index in [2.05, 4.69) is 10.1 Å². The minimum atomic E-state index is 0.0843. The topological polar surface area (TPSA) is 60.2 Å². The molecule has 1 aliphatic heterocycles. The van der Waals surface area contributed by atoms with Crippen molar-refractivity contribution in [1.29, 1.82) is 0 Å². The van der Waals surface area contributed by atoms with Crippen molar-refractivity contribution in [2.75, 3.05) is 19.7 Å². The zero-order chi connectivity index (χ0) is 17.3. The van der Waals surface area contributed by atoms with Gasteiger partial charge in [0.25, 0.3) is 5.91 Å². The maximum atomic E-state index is 12.8. The molecular weight excluding hydrogens is 316 g/mol. The van der Waals surface area contributed by atoms with Crippen molar-refractivity contribution in [3.05, 3.63) is 48.0 Å². The first kappa shape index (κ1) is 16.3. The second kappa shape index (κ2) is 6.59. The van der Waals surface area contributed by atoms with Crippen LogP contribution in [0.2, 0.25) is 0 Å². The first-order valence-corrected chi connectivity index (χ1v) is 8.92. The van der Waals surface area contributed by atoms with E-state index in [4.69, 9.17) is 4.74 Å². The summed E-state index contributed by atoms with van der Waals surface area (Å²) in [5.41, 5.74) is 1.86. The van der Waals surface area contributed by atoms with E-state index in [1.807, 2.05) is 30.3 Å². The second-order valence-corrected chi connectivity index (χ2v) is 7.33. The van der Waals surface area contributed by atoms with E-state index >= 15 is 0 Å². The summed E-state index contributed by atoms with van der Waals surface area (Å²) in [6.07, 6.45) is 8.85. The fourth-order valence-corrected chi connectivity index (χ4v) is 4.41. The quantitative estimate of drug-likeness (QED) is 0.838. The highest BCUT2D eigenvalue weighted by molar-refractivity contribution is 5.92. The van der Waals surface area contributed by atoms with Crippen molar-refractivity contribution in [3.8, 4) is 0 Å². The summed E-state index contributed by atoms with van der Waals surface area (Å²) in [5, 5.41) is 4.12. The van der Waals surface area contributed by atoms with Crippen LogP contribution in [0.15, 0.2) is 36.8 Å². The zero-order valence-corrected chi connectivity index (χ0v) is 14.6. The number of carbonyl (C=O) groups excluding carboxylic acids is 1. The number of ether oxygens (including phenoxy) is 1. The lowest BCUT2D eigenvalue weighted by atomic mass is 9.81. The number of amides is 1. The molecule has 2 fully saturated rings. The van der Waals surface area contributed by atoms with Crippen LogP contribution in [0.1, 0.15) is 35.3 Å². The van der Waals surface area contributed by atoms with Crippen LogP contribution in [0, 0.1) is 11.3 Å². The van der Waals surface area contributed by atoms with Gasteiger partial charge in [-0.2, -0.15) is 5.10 Å². The van der Waals surface area contributed by atoms with Gasteiger partial charge in [-0.3, -0.25) is 14.5 Å². The van der Waals surface area contributed by atoms with Gasteiger partial charge in [0.15, 0.2) is 0 Å². The summed E-state index contributed by atoms with van der Waals surface area (Å²) in [5.74, 6) is 0.625. The number of pyridine rings is 1. The normalized spacial score (nSPS) is 25.3. The molecule has 1 saturated carbocycles. The number of hydrogen-bond donors (Lipinski definition) is 0. The molecular formula is C19H24N4O2. The zero-order valence-electron chi connectivity index (χ0n) is 14.6. The van der Waals surface area contributed by atoms with Crippen LogP contribution in [0.3, 0.4) is 0 Å². The first-order valence-electron chi connectivity index (χ1n) is 8.92. The molecule has 0 spiro atoms. The Hall–Kier alpha value is -2.21. The Morgan fingerprint density at radius 2 is 2.32 bits per heavy atom. The minimum Gasteiger partial charge on any atom is -0.376 e. The Kier molecular flexibility index (Phi) is 4.29. The molecule has 0 bridgehead atoms. The largest absolute Gasteiger partial charge is 0.376 e. The highest BCUT2D eigenvalue weighted by atomic mass is 16.5. The summed E-state index contributed by atoms with van der Waals surface area (Å²) in [7, 11) is 1.82. The van der Waals surface area contributed by atoms with Gasteiger partial charge < -0.3 is 9.64 Å². The molecule has 1 aliphatic carbocycles. The molecule has 25 heavy (non-hydrogen) atoms. The van der Waals surface area contributed by atoms with Gasteiger partial charge in [0.2, 0.25) is 0 Å². The van der Waals surface area contributed by atoms with Crippen LogP contribution < -0.4 is 0 Å². The standard InChI is InChI=1S/C19H24N4O2/c1-22-17(6-9-21-22)18(24)23-11-16-5-2-7-19(16,13-23)14-25-12-15-4-3-8-20-10-15/h3-4,6,8-10,16H,2,5,7,11-14H2,1H3/t16-,19+/m1/s1. The Bertz CT molecular complexity index is 745. The van der Waals surface area contributed by atoms with E-state index in [1.54, 1.807) is 23.1 Å². The van der Waals surface area contributed by atoms with Crippen molar-refractivity contribution < 1.29 is 9.53 Å². The summed E-state index contributed by atoms with van der Waals surface area (Å²) >= 11 is 0. The molecule has 2 atom stereocenters. The Labute approximate surface area is 147 Å². The van der Waals surface area contributed by atoms with Crippen molar-refractivity contribution >= 4 is 5.91 Å². The average molecular weight is 340 g/mol. The summed E-state index contributed by atoms with van der Waals surface area (Å²) in [6.45, 7) is 2.91. The minimum absolute atomic E-state index is 0.0843.